The Balaban J connectivity index is 2.25. The molecule has 1 N–H and O–H groups in total. The Labute approximate surface area is 113 Å². The average molecular weight is 264 g/mol. The molecule has 1 aromatic carbocycles. The number of nitrogens with one attached hydrogen (secondary N) is 1. The molecule has 1 fully saturated rings. The van der Waals surface area contributed by atoms with E-state index in [1.165, 1.54) is 18.9 Å². The van der Waals surface area contributed by atoms with Gasteiger partial charge in [-0.2, -0.15) is 0 Å². The summed E-state index contributed by atoms with van der Waals surface area (Å²) < 4.78 is 5.38. The van der Waals surface area contributed by atoms with Crippen molar-refractivity contribution in [1.29, 1.82) is 0 Å². The van der Waals surface area contributed by atoms with E-state index in [0.717, 1.165) is 5.69 Å². The molecule has 1 saturated carbocycles. The van der Waals surface area contributed by atoms with Crippen LogP contribution in [-0.4, -0.2) is 17.1 Å². The number of non-ortho nitro benzene ring substituents is 1. The summed E-state index contributed by atoms with van der Waals surface area (Å²) in [6.07, 6.45) is 2.43. The number of nitrogens with zero attached hydrogens (tertiary/aromatic N) is 1. The van der Waals surface area contributed by atoms with Gasteiger partial charge in [-0.3, -0.25) is 10.1 Å². The van der Waals surface area contributed by atoms with Gasteiger partial charge in [0, 0.05) is 23.4 Å². The minimum absolute atomic E-state index is 0.0429. The van der Waals surface area contributed by atoms with E-state index in [0.29, 0.717) is 18.3 Å². The van der Waals surface area contributed by atoms with Crippen LogP contribution in [0.4, 0.5) is 11.4 Å². The lowest BCUT2D eigenvalue weighted by molar-refractivity contribution is -0.384. The van der Waals surface area contributed by atoms with Crippen molar-refractivity contribution in [2.75, 3.05) is 11.9 Å². The summed E-state index contributed by atoms with van der Waals surface area (Å²) in [6, 6.07) is 4.84. The molecule has 19 heavy (non-hydrogen) atoms. The van der Waals surface area contributed by atoms with Crippen LogP contribution in [0, 0.1) is 16.0 Å². The summed E-state index contributed by atoms with van der Waals surface area (Å²) in [5.41, 5.74) is 0.758. The van der Waals surface area contributed by atoms with Crippen LogP contribution in [0.15, 0.2) is 18.2 Å². The van der Waals surface area contributed by atoms with Gasteiger partial charge in [-0.1, -0.05) is 0 Å². The van der Waals surface area contributed by atoms with E-state index in [2.05, 4.69) is 19.2 Å². The predicted octanol–water partition coefficient (Wildman–Crippen LogP) is 3.59. The SMILES string of the molecule is CCOc1cc(NC(C)(C)C2CC2)cc([N+](=O)[O-])c1. The van der Waals surface area contributed by atoms with Gasteiger partial charge in [0.25, 0.3) is 5.69 Å². The molecule has 5 heteroatoms. The number of nitro benzene ring substituents is 1. The summed E-state index contributed by atoms with van der Waals surface area (Å²) >= 11 is 0. The lowest BCUT2D eigenvalue weighted by atomic mass is 9.98. The molecule has 5 nitrogen and oxygen atoms in total. The van der Waals surface area contributed by atoms with Crippen molar-refractivity contribution in [3.05, 3.63) is 28.3 Å². The molecule has 0 atom stereocenters. The number of rotatable bonds is 6. The van der Waals surface area contributed by atoms with Crippen molar-refractivity contribution in [1.82, 2.24) is 0 Å². The number of nitro groups is 1. The maximum atomic E-state index is 10.9. The van der Waals surface area contributed by atoms with Gasteiger partial charge in [0.2, 0.25) is 0 Å². The first-order chi connectivity index (χ1) is 8.92. The first-order valence-electron chi connectivity index (χ1n) is 6.63. The molecule has 1 aliphatic rings. The molecule has 0 amide bonds. The van der Waals surface area contributed by atoms with Crippen molar-refractivity contribution < 1.29 is 9.66 Å². The molecule has 0 aromatic heterocycles. The smallest absolute Gasteiger partial charge is 0.275 e. The Morgan fingerprint density at radius 1 is 1.42 bits per heavy atom. The van der Waals surface area contributed by atoms with E-state index < -0.39 is 4.92 Å². The molecule has 2 rings (SSSR count). The van der Waals surface area contributed by atoms with Gasteiger partial charge < -0.3 is 10.1 Å². The van der Waals surface area contributed by atoms with Gasteiger partial charge in [0.15, 0.2) is 0 Å². The molecule has 0 spiro atoms. The summed E-state index contributed by atoms with van der Waals surface area (Å²) in [5.74, 6) is 1.17. The predicted molar refractivity (Wildman–Crippen MR) is 74.7 cm³/mol. The molecular formula is C14H20N2O3. The highest BCUT2D eigenvalue weighted by atomic mass is 16.6. The summed E-state index contributed by atoms with van der Waals surface area (Å²) in [7, 11) is 0. The van der Waals surface area contributed by atoms with Gasteiger partial charge in [0.05, 0.1) is 17.6 Å². The molecule has 1 aromatic rings. The van der Waals surface area contributed by atoms with Crippen molar-refractivity contribution in [2.24, 2.45) is 5.92 Å². The Morgan fingerprint density at radius 2 is 2.11 bits per heavy atom. The van der Waals surface area contributed by atoms with Crippen LogP contribution in [0.1, 0.15) is 33.6 Å². The number of hydrogen-bond acceptors (Lipinski definition) is 4. The van der Waals surface area contributed by atoms with Crippen LogP contribution in [0.25, 0.3) is 0 Å². The van der Waals surface area contributed by atoms with E-state index in [4.69, 9.17) is 4.74 Å². The summed E-state index contributed by atoms with van der Waals surface area (Å²) in [4.78, 5) is 10.6. The quantitative estimate of drug-likeness (QED) is 0.630. The third kappa shape index (κ3) is 3.36. The Morgan fingerprint density at radius 3 is 2.63 bits per heavy atom. The monoisotopic (exact) mass is 264 g/mol. The van der Waals surface area contributed by atoms with E-state index in [-0.39, 0.29) is 11.2 Å². The molecular weight excluding hydrogens is 244 g/mol. The molecule has 0 unspecified atom stereocenters. The number of anilines is 1. The molecule has 0 saturated heterocycles. The van der Waals surface area contributed by atoms with Crippen molar-refractivity contribution >= 4 is 11.4 Å². The second kappa shape index (κ2) is 5.07. The molecule has 0 heterocycles. The Hall–Kier alpha value is -1.78. The summed E-state index contributed by atoms with van der Waals surface area (Å²) in [5, 5.41) is 14.3. The minimum atomic E-state index is -0.391. The highest BCUT2D eigenvalue weighted by Crippen LogP contribution is 2.41. The molecule has 0 bridgehead atoms. The largest absolute Gasteiger partial charge is 0.494 e. The van der Waals surface area contributed by atoms with Gasteiger partial charge in [-0.15, -0.1) is 0 Å². The van der Waals surface area contributed by atoms with Crippen molar-refractivity contribution in [2.45, 2.75) is 39.2 Å². The normalized spacial score (nSPS) is 15.1. The number of hydrogen-bond donors (Lipinski definition) is 1. The Kier molecular flexibility index (Phi) is 3.64. The number of benzene rings is 1. The van der Waals surface area contributed by atoms with Crippen molar-refractivity contribution in [3.8, 4) is 5.75 Å². The first-order valence-corrected chi connectivity index (χ1v) is 6.63. The van der Waals surface area contributed by atoms with Crippen LogP contribution in [0.3, 0.4) is 0 Å². The lowest BCUT2D eigenvalue weighted by Gasteiger charge is -2.27. The molecule has 1 aliphatic carbocycles. The van der Waals surface area contributed by atoms with E-state index in [1.54, 1.807) is 6.07 Å². The van der Waals surface area contributed by atoms with Gasteiger partial charge in [-0.05, 0) is 39.5 Å². The molecule has 0 aliphatic heterocycles. The first kappa shape index (κ1) is 13.6. The van der Waals surface area contributed by atoms with Gasteiger partial charge >= 0.3 is 0 Å². The lowest BCUT2D eigenvalue weighted by Crippen LogP contribution is -2.33. The highest BCUT2D eigenvalue weighted by molar-refractivity contribution is 5.57. The van der Waals surface area contributed by atoms with Gasteiger partial charge in [-0.25, -0.2) is 0 Å². The molecule has 0 radical (unpaired) electrons. The maximum absolute atomic E-state index is 10.9. The maximum Gasteiger partial charge on any atom is 0.275 e. The standard InChI is InChI=1S/C14H20N2O3/c1-4-19-13-8-11(7-12(9-13)16(17)18)15-14(2,3)10-5-6-10/h7-10,15H,4-6H2,1-3H3. The fraction of sp³-hybridized carbons (Fsp3) is 0.571. The van der Waals surface area contributed by atoms with Crippen molar-refractivity contribution in [3.63, 3.8) is 0 Å². The third-order valence-electron chi connectivity index (χ3n) is 3.48. The van der Waals surface area contributed by atoms with Gasteiger partial charge in [0.1, 0.15) is 5.75 Å². The van der Waals surface area contributed by atoms with Crippen LogP contribution in [0.5, 0.6) is 5.75 Å². The minimum Gasteiger partial charge on any atom is -0.494 e. The fourth-order valence-corrected chi connectivity index (χ4v) is 2.29. The van der Waals surface area contributed by atoms with Crippen LogP contribution in [-0.2, 0) is 0 Å². The average Bonchev–Trinajstić information content (AvgIpc) is 3.12. The summed E-state index contributed by atoms with van der Waals surface area (Å²) in [6.45, 7) is 6.61. The number of ether oxygens (including phenoxy) is 1. The zero-order valence-electron chi connectivity index (χ0n) is 11.6. The van der Waals surface area contributed by atoms with E-state index in [9.17, 15) is 10.1 Å². The second-order valence-corrected chi connectivity index (χ2v) is 5.53. The second-order valence-electron chi connectivity index (χ2n) is 5.53. The molecule has 104 valence electrons. The van der Waals surface area contributed by atoms with Crippen LogP contribution >= 0.6 is 0 Å². The third-order valence-corrected chi connectivity index (χ3v) is 3.48. The fourth-order valence-electron chi connectivity index (χ4n) is 2.29. The van der Waals surface area contributed by atoms with Crippen LogP contribution < -0.4 is 10.1 Å². The Bertz CT molecular complexity index is 482. The van der Waals surface area contributed by atoms with E-state index in [1.807, 2.05) is 13.0 Å². The van der Waals surface area contributed by atoms with Crippen LogP contribution in [0.2, 0.25) is 0 Å². The highest BCUT2D eigenvalue weighted by Gasteiger charge is 2.37. The zero-order valence-corrected chi connectivity index (χ0v) is 11.6. The van der Waals surface area contributed by atoms with E-state index >= 15 is 0 Å². The topological polar surface area (TPSA) is 64.4 Å². The zero-order chi connectivity index (χ0) is 14.0.